The highest BCUT2D eigenvalue weighted by molar-refractivity contribution is 8.15. The lowest BCUT2D eigenvalue weighted by Crippen LogP contribution is -2.28. The number of aliphatic imine (C=N–C) groups is 1. The number of hydrogen-bond acceptors (Lipinski definition) is 5. The first kappa shape index (κ1) is 20.2. The number of rotatable bonds is 6. The number of nitrogens with zero attached hydrogens (tertiary/aromatic N) is 1. The maximum absolute atomic E-state index is 13.2. The number of carbonyl (C=O) groups excluding carboxylic acids is 2. The molecule has 1 aliphatic heterocycles. The van der Waals surface area contributed by atoms with Crippen molar-refractivity contribution in [1.82, 2.24) is 5.32 Å². The van der Waals surface area contributed by atoms with Gasteiger partial charge in [-0.15, -0.1) is 0 Å². The van der Waals surface area contributed by atoms with E-state index in [2.05, 4.69) is 15.6 Å². The van der Waals surface area contributed by atoms with Gasteiger partial charge in [0.1, 0.15) is 16.8 Å². The van der Waals surface area contributed by atoms with E-state index in [0.717, 1.165) is 17.4 Å². The van der Waals surface area contributed by atoms with Crippen LogP contribution in [0.1, 0.15) is 12.0 Å². The van der Waals surface area contributed by atoms with Crippen LogP contribution in [0.2, 0.25) is 5.02 Å². The van der Waals surface area contributed by atoms with E-state index in [1.54, 1.807) is 7.11 Å². The molecule has 2 N–H and O–H groups in total. The number of anilines is 1. The first-order chi connectivity index (χ1) is 13.5. The molecule has 0 saturated carbocycles. The predicted molar refractivity (Wildman–Crippen MR) is 108 cm³/mol. The molecule has 3 rings (SSSR count). The molecule has 2 aromatic rings. The van der Waals surface area contributed by atoms with Crippen molar-refractivity contribution < 1.29 is 18.7 Å². The smallest absolute Gasteiger partial charge is 0.240 e. The number of methoxy groups -OCH3 is 1. The SMILES string of the molecule is COc1ccccc1CN=C1NC(=O)[C@@H](CC(=O)Nc2ccc(F)c(Cl)c2)S1. The lowest BCUT2D eigenvalue weighted by Gasteiger charge is -2.08. The zero-order valence-corrected chi connectivity index (χ0v) is 16.4. The van der Waals surface area contributed by atoms with Crippen LogP contribution < -0.4 is 15.4 Å². The molecule has 1 saturated heterocycles. The Balaban J connectivity index is 1.58. The van der Waals surface area contributed by atoms with Gasteiger partial charge >= 0.3 is 0 Å². The fourth-order valence-electron chi connectivity index (χ4n) is 2.56. The van der Waals surface area contributed by atoms with Crippen LogP contribution in [0, 0.1) is 5.82 Å². The second kappa shape index (κ2) is 9.07. The van der Waals surface area contributed by atoms with E-state index in [4.69, 9.17) is 16.3 Å². The van der Waals surface area contributed by atoms with Crippen LogP contribution in [0.15, 0.2) is 47.5 Å². The van der Waals surface area contributed by atoms with Crippen molar-refractivity contribution in [2.24, 2.45) is 4.99 Å². The zero-order valence-electron chi connectivity index (χ0n) is 14.9. The van der Waals surface area contributed by atoms with E-state index in [0.29, 0.717) is 17.4 Å². The van der Waals surface area contributed by atoms with Crippen molar-refractivity contribution in [3.8, 4) is 5.75 Å². The molecule has 1 fully saturated rings. The number of amides is 2. The summed E-state index contributed by atoms with van der Waals surface area (Å²) in [4.78, 5) is 28.7. The molecule has 0 radical (unpaired) electrons. The van der Waals surface area contributed by atoms with Gasteiger partial charge in [0.25, 0.3) is 0 Å². The van der Waals surface area contributed by atoms with Gasteiger partial charge in [0.15, 0.2) is 5.17 Å². The molecule has 1 aliphatic rings. The molecular weight excluding hydrogens is 405 g/mol. The topological polar surface area (TPSA) is 79.8 Å². The third kappa shape index (κ3) is 5.02. The Morgan fingerprint density at radius 3 is 2.89 bits per heavy atom. The fraction of sp³-hybridized carbons (Fsp3) is 0.211. The van der Waals surface area contributed by atoms with Crippen LogP contribution in [0.25, 0.3) is 0 Å². The second-order valence-electron chi connectivity index (χ2n) is 5.91. The van der Waals surface area contributed by atoms with E-state index < -0.39 is 11.1 Å². The van der Waals surface area contributed by atoms with Gasteiger partial charge in [-0.25, -0.2) is 4.39 Å². The first-order valence-corrected chi connectivity index (χ1v) is 9.61. The molecule has 0 spiro atoms. The van der Waals surface area contributed by atoms with E-state index in [-0.39, 0.29) is 23.3 Å². The standard InChI is InChI=1S/C19H17ClFN3O3S/c1-27-15-5-3-2-4-11(15)10-22-19-24-18(26)16(28-19)9-17(25)23-12-6-7-14(21)13(20)8-12/h2-8,16H,9-10H2,1H3,(H,23,25)(H,22,24,26)/t16-/m1/s1. The second-order valence-corrected chi connectivity index (χ2v) is 7.51. The number of carbonyl (C=O) groups is 2. The zero-order chi connectivity index (χ0) is 20.1. The summed E-state index contributed by atoms with van der Waals surface area (Å²) in [5.41, 5.74) is 1.26. The Morgan fingerprint density at radius 1 is 1.36 bits per heavy atom. The van der Waals surface area contributed by atoms with Gasteiger partial charge in [-0.3, -0.25) is 14.6 Å². The molecule has 0 aliphatic carbocycles. The average molecular weight is 422 g/mol. The molecule has 9 heteroatoms. The number of ether oxygens (including phenoxy) is 1. The summed E-state index contributed by atoms with van der Waals surface area (Å²) in [6.45, 7) is 0.347. The third-order valence-electron chi connectivity index (χ3n) is 3.94. The molecule has 0 bridgehead atoms. The van der Waals surface area contributed by atoms with Crippen molar-refractivity contribution in [2.75, 3.05) is 12.4 Å². The van der Waals surface area contributed by atoms with Crippen molar-refractivity contribution in [3.63, 3.8) is 0 Å². The number of benzene rings is 2. The number of nitrogens with one attached hydrogen (secondary N) is 2. The number of hydrogen-bond donors (Lipinski definition) is 2. The number of thioether (sulfide) groups is 1. The van der Waals surface area contributed by atoms with Crippen molar-refractivity contribution in [1.29, 1.82) is 0 Å². The average Bonchev–Trinajstić information content (AvgIpc) is 3.02. The molecule has 1 heterocycles. The van der Waals surface area contributed by atoms with Crippen LogP contribution in [-0.4, -0.2) is 29.3 Å². The van der Waals surface area contributed by atoms with E-state index in [9.17, 15) is 14.0 Å². The monoisotopic (exact) mass is 421 g/mol. The van der Waals surface area contributed by atoms with Crippen LogP contribution in [0.4, 0.5) is 10.1 Å². The summed E-state index contributed by atoms with van der Waals surface area (Å²) in [5, 5.41) is 5.07. The van der Waals surface area contributed by atoms with Crippen molar-refractivity contribution >= 4 is 46.0 Å². The minimum Gasteiger partial charge on any atom is -0.496 e. The predicted octanol–water partition coefficient (Wildman–Crippen LogP) is 3.60. The van der Waals surface area contributed by atoms with Crippen molar-refractivity contribution in [3.05, 3.63) is 58.9 Å². The van der Waals surface area contributed by atoms with Gasteiger partial charge in [-0.2, -0.15) is 0 Å². The summed E-state index contributed by atoms with van der Waals surface area (Å²) in [5.74, 6) is -0.506. The maximum Gasteiger partial charge on any atom is 0.240 e. The highest BCUT2D eigenvalue weighted by Gasteiger charge is 2.32. The molecule has 146 valence electrons. The Kier molecular flexibility index (Phi) is 6.53. The van der Waals surface area contributed by atoms with Crippen LogP contribution in [0.3, 0.4) is 0 Å². The highest BCUT2D eigenvalue weighted by atomic mass is 35.5. The molecule has 0 aromatic heterocycles. The summed E-state index contributed by atoms with van der Waals surface area (Å²) in [6, 6.07) is 11.4. The lowest BCUT2D eigenvalue weighted by atomic mass is 10.2. The van der Waals surface area contributed by atoms with Gasteiger partial charge in [0.2, 0.25) is 11.8 Å². The van der Waals surface area contributed by atoms with Gasteiger partial charge < -0.3 is 15.4 Å². The molecule has 28 heavy (non-hydrogen) atoms. The van der Waals surface area contributed by atoms with Crippen LogP contribution >= 0.6 is 23.4 Å². The Morgan fingerprint density at radius 2 is 2.14 bits per heavy atom. The van der Waals surface area contributed by atoms with E-state index in [1.807, 2.05) is 24.3 Å². The van der Waals surface area contributed by atoms with Crippen molar-refractivity contribution in [2.45, 2.75) is 18.2 Å². The third-order valence-corrected chi connectivity index (χ3v) is 5.35. The highest BCUT2D eigenvalue weighted by Crippen LogP contribution is 2.25. The lowest BCUT2D eigenvalue weighted by molar-refractivity contribution is -0.122. The largest absolute Gasteiger partial charge is 0.496 e. The van der Waals surface area contributed by atoms with Gasteiger partial charge in [0.05, 0.1) is 18.7 Å². The van der Waals surface area contributed by atoms with E-state index >= 15 is 0 Å². The fourth-order valence-corrected chi connectivity index (χ4v) is 3.71. The minimum absolute atomic E-state index is 0.0425. The quantitative estimate of drug-likeness (QED) is 0.746. The molecule has 6 nitrogen and oxygen atoms in total. The normalized spacial score (nSPS) is 17.5. The minimum atomic E-state index is -0.590. The van der Waals surface area contributed by atoms with Gasteiger partial charge in [-0.1, -0.05) is 41.6 Å². The summed E-state index contributed by atoms with van der Waals surface area (Å²) in [6.07, 6.45) is -0.0425. The first-order valence-electron chi connectivity index (χ1n) is 8.35. The maximum atomic E-state index is 13.2. The van der Waals surface area contributed by atoms with E-state index in [1.165, 1.54) is 23.9 Å². The molecule has 2 aromatic carbocycles. The van der Waals surface area contributed by atoms with Gasteiger partial charge in [0, 0.05) is 17.7 Å². The Hall–Kier alpha value is -2.58. The molecule has 0 unspecified atom stereocenters. The number of halogens is 2. The summed E-state index contributed by atoms with van der Waals surface area (Å²) in [7, 11) is 1.58. The molecule has 1 atom stereocenters. The summed E-state index contributed by atoms with van der Waals surface area (Å²) < 4.78 is 18.5. The summed E-state index contributed by atoms with van der Waals surface area (Å²) >= 11 is 6.90. The van der Waals surface area contributed by atoms with Gasteiger partial charge in [-0.05, 0) is 24.3 Å². The molecular formula is C19H17ClFN3O3S. The number of amidine groups is 1. The Labute approximate surface area is 170 Å². The number of para-hydroxylation sites is 1. The molecule has 2 amide bonds. The van der Waals surface area contributed by atoms with Crippen LogP contribution in [-0.2, 0) is 16.1 Å². The van der Waals surface area contributed by atoms with Crippen LogP contribution in [0.5, 0.6) is 5.75 Å². The Bertz CT molecular complexity index is 938.